The molecular formula is C14H13BrO2. The normalized spacial score (nSPS) is 10.0. The lowest BCUT2D eigenvalue weighted by atomic mass is 10.2. The standard InChI is InChI=1S/C14H13BrO2/c1-16-13-5-7-14(8-6-13)17-10-11-3-2-4-12(15)9-11/h2-9H,10H2,1H3. The van der Waals surface area contributed by atoms with Crippen molar-refractivity contribution in [3.63, 3.8) is 0 Å². The zero-order chi connectivity index (χ0) is 12.1. The molecule has 0 bridgehead atoms. The van der Waals surface area contributed by atoms with E-state index in [-0.39, 0.29) is 0 Å². The van der Waals surface area contributed by atoms with Crippen LogP contribution in [0.3, 0.4) is 0 Å². The lowest BCUT2D eigenvalue weighted by Gasteiger charge is -2.07. The maximum absolute atomic E-state index is 5.67. The van der Waals surface area contributed by atoms with Crippen molar-refractivity contribution in [2.24, 2.45) is 0 Å². The number of ether oxygens (including phenoxy) is 2. The Labute approximate surface area is 109 Å². The molecule has 0 radical (unpaired) electrons. The van der Waals surface area contributed by atoms with E-state index in [0.29, 0.717) is 6.61 Å². The van der Waals surface area contributed by atoms with E-state index in [1.54, 1.807) is 7.11 Å². The Morgan fingerprint density at radius 1 is 1.00 bits per heavy atom. The highest BCUT2D eigenvalue weighted by atomic mass is 79.9. The first-order valence-electron chi connectivity index (χ1n) is 5.29. The Morgan fingerprint density at radius 3 is 2.35 bits per heavy atom. The third-order valence-corrected chi connectivity index (χ3v) is 2.85. The molecule has 0 saturated carbocycles. The van der Waals surface area contributed by atoms with Crippen LogP contribution < -0.4 is 9.47 Å². The molecule has 2 aromatic rings. The van der Waals surface area contributed by atoms with Crippen molar-refractivity contribution >= 4 is 15.9 Å². The van der Waals surface area contributed by atoms with E-state index in [2.05, 4.69) is 15.9 Å². The highest BCUT2D eigenvalue weighted by Gasteiger charge is 1.97. The van der Waals surface area contributed by atoms with Crippen LogP contribution in [-0.2, 0) is 6.61 Å². The van der Waals surface area contributed by atoms with Crippen LogP contribution in [0.25, 0.3) is 0 Å². The Morgan fingerprint density at radius 2 is 1.71 bits per heavy atom. The number of rotatable bonds is 4. The van der Waals surface area contributed by atoms with E-state index in [1.807, 2.05) is 48.5 Å². The second-order valence-electron chi connectivity index (χ2n) is 3.59. The topological polar surface area (TPSA) is 18.5 Å². The summed E-state index contributed by atoms with van der Waals surface area (Å²) >= 11 is 3.44. The van der Waals surface area contributed by atoms with E-state index >= 15 is 0 Å². The van der Waals surface area contributed by atoms with Crippen LogP contribution in [0.5, 0.6) is 11.5 Å². The SMILES string of the molecule is COc1ccc(OCc2cccc(Br)c2)cc1. The summed E-state index contributed by atoms with van der Waals surface area (Å²) < 4.78 is 11.8. The van der Waals surface area contributed by atoms with Gasteiger partial charge in [0.25, 0.3) is 0 Å². The van der Waals surface area contributed by atoms with Crippen LogP contribution in [0, 0.1) is 0 Å². The van der Waals surface area contributed by atoms with Gasteiger partial charge in [0.1, 0.15) is 18.1 Å². The van der Waals surface area contributed by atoms with Crippen molar-refractivity contribution in [1.82, 2.24) is 0 Å². The minimum absolute atomic E-state index is 0.561. The molecule has 0 heterocycles. The third-order valence-electron chi connectivity index (χ3n) is 2.35. The average molecular weight is 293 g/mol. The molecule has 2 aromatic carbocycles. The van der Waals surface area contributed by atoms with Gasteiger partial charge < -0.3 is 9.47 Å². The summed E-state index contributed by atoms with van der Waals surface area (Å²) in [7, 11) is 1.65. The maximum atomic E-state index is 5.67. The Balaban J connectivity index is 1.97. The molecule has 0 unspecified atom stereocenters. The van der Waals surface area contributed by atoms with Gasteiger partial charge in [0.2, 0.25) is 0 Å². The largest absolute Gasteiger partial charge is 0.497 e. The minimum atomic E-state index is 0.561. The fourth-order valence-corrected chi connectivity index (χ4v) is 1.91. The number of hydrogen-bond donors (Lipinski definition) is 0. The van der Waals surface area contributed by atoms with Gasteiger partial charge in [-0.3, -0.25) is 0 Å². The Hall–Kier alpha value is -1.48. The summed E-state index contributed by atoms with van der Waals surface area (Å²) in [6.45, 7) is 0.561. The predicted molar refractivity (Wildman–Crippen MR) is 71.5 cm³/mol. The van der Waals surface area contributed by atoms with Crippen LogP contribution >= 0.6 is 15.9 Å². The van der Waals surface area contributed by atoms with Gasteiger partial charge >= 0.3 is 0 Å². The average Bonchev–Trinajstić information content (AvgIpc) is 2.37. The molecule has 0 fully saturated rings. The molecule has 2 rings (SSSR count). The lowest BCUT2D eigenvalue weighted by molar-refractivity contribution is 0.305. The molecule has 0 aromatic heterocycles. The minimum Gasteiger partial charge on any atom is -0.497 e. The summed E-state index contributed by atoms with van der Waals surface area (Å²) in [5, 5.41) is 0. The van der Waals surface area contributed by atoms with Gasteiger partial charge in [-0.05, 0) is 42.0 Å². The zero-order valence-electron chi connectivity index (χ0n) is 9.52. The van der Waals surface area contributed by atoms with Crippen molar-refractivity contribution in [3.8, 4) is 11.5 Å². The quantitative estimate of drug-likeness (QED) is 0.847. The van der Waals surface area contributed by atoms with E-state index in [1.165, 1.54) is 0 Å². The number of halogens is 1. The molecule has 0 aliphatic heterocycles. The smallest absolute Gasteiger partial charge is 0.120 e. The molecule has 88 valence electrons. The van der Waals surface area contributed by atoms with Crippen molar-refractivity contribution in [3.05, 3.63) is 58.6 Å². The molecule has 0 saturated heterocycles. The fourth-order valence-electron chi connectivity index (χ4n) is 1.47. The van der Waals surface area contributed by atoms with E-state index in [0.717, 1.165) is 21.5 Å². The lowest BCUT2D eigenvalue weighted by Crippen LogP contribution is -1.95. The van der Waals surface area contributed by atoms with E-state index in [4.69, 9.17) is 9.47 Å². The van der Waals surface area contributed by atoms with Gasteiger partial charge in [-0.25, -0.2) is 0 Å². The molecule has 2 nitrogen and oxygen atoms in total. The first-order valence-corrected chi connectivity index (χ1v) is 6.08. The van der Waals surface area contributed by atoms with Crippen LogP contribution in [0.15, 0.2) is 53.0 Å². The second-order valence-corrected chi connectivity index (χ2v) is 4.51. The van der Waals surface area contributed by atoms with Crippen molar-refractivity contribution in [1.29, 1.82) is 0 Å². The molecule has 0 aliphatic rings. The molecule has 0 atom stereocenters. The van der Waals surface area contributed by atoms with Crippen LogP contribution in [0.2, 0.25) is 0 Å². The molecule has 0 spiro atoms. The first kappa shape index (κ1) is 12.0. The van der Waals surface area contributed by atoms with E-state index < -0.39 is 0 Å². The van der Waals surface area contributed by atoms with E-state index in [9.17, 15) is 0 Å². The van der Waals surface area contributed by atoms with Gasteiger partial charge in [-0.2, -0.15) is 0 Å². The molecule has 0 N–H and O–H groups in total. The number of benzene rings is 2. The van der Waals surface area contributed by atoms with Gasteiger partial charge in [-0.15, -0.1) is 0 Å². The summed E-state index contributed by atoms with van der Waals surface area (Å²) in [6, 6.07) is 15.6. The molecule has 0 aliphatic carbocycles. The summed E-state index contributed by atoms with van der Waals surface area (Å²) in [5.74, 6) is 1.67. The third kappa shape index (κ3) is 3.49. The second kappa shape index (κ2) is 5.73. The Kier molecular flexibility index (Phi) is 4.04. The maximum Gasteiger partial charge on any atom is 0.120 e. The fraction of sp³-hybridized carbons (Fsp3) is 0.143. The molecule has 0 amide bonds. The Bertz CT molecular complexity index is 480. The predicted octanol–water partition coefficient (Wildman–Crippen LogP) is 4.04. The highest BCUT2D eigenvalue weighted by Crippen LogP contribution is 2.19. The van der Waals surface area contributed by atoms with Crippen molar-refractivity contribution in [2.75, 3.05) is 7.11 Å². The molecule has 17 heavy (non-hydrogen) atoms. The summed E-state index contributed by atoms with van der Waals surface area (Å²) in [4.78, 5) is 0. The van der Waals surface area contributed by atoms with Gasteiger partial charge in [0.15, 0.2) is 0 Å². The van der Waals surface area contributed by atoms with Crippen molar-refractivity contribution < 1.29 is 9.47 Å². The summed E-state index contributed by atoms with van der Waals surface area (Å²) in [6.07, 6.45) is 0. The zero-order valence-corrected chi connectivity index (χ0v) is 11.1. The van der Waals surface area contributed by atoms with Crippen LogP contribution in [0.4, 0.5) is 0 Å². The van der Waals surface area contributed by atoms with Gasteiger partial charge in [0, 0.05) is 4.47 Å². The van der Waals surface area contributed by atoms with Gasteiger partial charge in [-0.1, -0.05) is 28.1 Å². The van der Waals surface area contributed by atoms with Crippen LogP contribution in [-0.4, -0.2) is 7.11 Å². The monoisotopic (exact) mass is 292 g/mol. The molecule has 3 heteroatoms. The van der Waals surface area contributed by atoms with Crippen LogP contribution in [0.1, 0.15) is 5.56 Å². The van der Waals surface area contributed by atoms with Gasteiger partial charge in [0.05, 0.1) is 7.11 Å². The number of methoxy groups -OCH3 is 1. The first-order chi connectivity index (χ1) is 8.28. The highest BCUT2D eigenvalue weighted by molar-refractivity contribution is 9.10. The summed E-state index contributed by atoms with van der Waals surface area (Å²) in [5.41, 5.74) is 1.13. The number of hydrogen-bond acceptors (Lipinski definition) is 2. The van der Waals surface area contributed by atoms with Crippen molar-refractivity contribution in [2.45, 2.75) is 6.61 Å². The molecular weight excluding hydrogens is 280 g/mol.